The molecule has 0 aliphatic rings. The van der Waals surface area contributed by atoms with Crippen LogP contribution in [-0.4, -0.2) is 61.8 Å². The number of sulfonamides is 1. The lowest BCUT2D eigenvalue weighted by atomic mass is 10.2. The van der Waals surface area contributed by atoms with Crippen molar-refractivity contribution in [1.29, 1.82) is 0 Å². The first-order chi connectivity index (χ1) is 12.3. The summed E-state index contributed by atoms with van der Waals surface area (Å²) in [5.74, 6) is -1.19. The van der Waals surface area contributed by atoms with E-state index in [0.717, 1.165) is 10.4 Å². The van der Waals surface area contributed by atoms with Crippen molar-refractivity contribution < 1.29 is 22.7 Å². The second-order valence-electron chi connectivity index (χ2n) is 6.91. The Morgan fingerprint density at radius 3 is 2.00 bits per heavy atom. The van der Waals surface area contributed by atoms with Crippen LogP contribution in [0.2, 0.25) is 5.02 Å². The zero-order valence-electron chi connectivity index (χ0n) is 16.7. The van der Waals surface area contributed by atoms with Crippen LogP contribution >= 0.6 is 11.6 Å². The van der Waals surface area contributed by atoms with Gasteiger partial charge in [0.1, 0.15) is 0 Å². The number of carbonyl (C=O) groups excluding carboxylic acids is 2. The minimum absolute atomic E-state index is 0.0435. The Morgan fingerprint density at radius 2 is 1.56 bits per heavy atom. The highest BCUT2D eigenvalue weighted by atomic mass is 35.5. The smallest absolute Gasteiger partial charge is 0.340 e. The fourth-order valence-corrected chi connectivity index (χ4v) is 3.74. The maximum absolute atomic E-state index is 12.6. The molecule has 0 bridgehead atoms. The monoisotopic (exact) mass is 418 g/mol. The Morgan fingerprint density at radius 1 is 1.04 bits per heavy atom. The Kier molecular flexibility index (Phi) is 7.83. The normalized spacial score (nSPS) is 13.1. The number of amides is 1. The van der Waals surface area contributed by atoms with Gasteiger partial charge in [-0.3, -0.25) is 4.79 Å². The molecule has 0 heterocycles. The molecule has 1 rings (SSSR count). The van der Waals surface area contributed by atoms with Gasteiger partial charge in [-0.1, -0.05) is 11.6 Å². The summed E-state index contributed by atoms with van der Waals surface area (Å²) in [5.41, 5.74) is -0.111. The molecule has 0 spiro atoms. The van der Waals surface area contributed by atoms with E-state index < -0.39 is 22.1 Å². The van der Waals surface area contributed by atoms with E-state index in [9.17, 15) is 18.0 Å². The van der Waals surface area contributed by atoms with Gasteiger partial charge in [-0.15, -0.1) is 0 Å². The highest BCUT2D eigenvalue weighted by Crippen LogP contribution is 2.23. The molecule has 0 radical (unpaired) electrons. The molecule has 0 saturated carbocycles. The van der Waals surface area contributed by atoms with Gasteiger partial charge in [-0.05, 0) is 52.8 Å². The zero-order chi connectivity index (χ0) is 21.1. The fraction of sp³-hybridized carbons (Fsp3) is 0.556. The van der Waals surface area contributed by atoms with Gasteiger partial charge >= 0.3 is 5.97 Å². The molecule has 1 aromatic rings. The van der Waals surface area contributed by atoms with E-state index in [1.807, 2.05) is 27.7 Å². The van der Waals surface area contributed by atoms with Crippen molar-refractivity contribution >= 4 is 33.5 Å². The Labute approximate surface area is 166 Å². The molecule has 152 valence electrons. The van der Waals surface area contributed by atoms with Crippen LogP contribution in [0.3, 0.4) is 0 Å². The van der Waals surface area contributed by atoms with Crippen LogP contribution in [-0.2, 0) is 19.6 Å². The van der Waals surface area contributed by atoms with Crippen LogP contribution in [0.5, 0.6) is 0 Å². The molecule has 1 aromatic carbocycles. The summed E-state index contributed by atoms with van der Waals surface area (Å²) < 4.78 is 30.8. The first-order valence-corrected chi connectivity index (χ1v) is 10.4. The average molecular weight is 419 g/mol. The topological polar surface area (TPSA) is 84.0 Å². The zero-order valence-corrected chi connectivity index (χ0v) is 18.3. The third kappa shape index (κ3) is 5.43. The van der Waals surface area contributed by atoms with Gasteiger partial charge in [0, 0.05) is 26.2 Å². The molecule has 1 atom stereocenters. The lowest BCUT2D eigenvalue weighted by Gasteiger charge is -2.32. The van der Waals surface area contributed by atoms with Gasteiger partial charge in [0.05, 0.1) is 15.5 Å². The van der Waals surface area contributed by atoms with Crippen molar-refractivity contribution in [2.45, 2.75) is 57.7 Å². The summed E-state index contributed by atoms with van der Waals surface area (Å²) >= 11 is 6.04. The van der Waals surface area contributed by atoms with E-state index in [1.54, 1.807) is 4.90 Å². The van der Waals surface area contributed by atoms with Gasteiger partial charge in [0.25, 0.3) is 5.91 Å². The quantitative estimate of drug-likeness (QED) is 0.635. The maximum atomic E-state index is 12.6. The number of hydrogen-bond acceptors (Lipinski definition) is 5. The molecule has 0 fully saturated rings. The number of hydrogen-bond donors (Lipinski definition) is 0. The van der Waals surface area contributed by atoms with Crippen LogP contribution in [0.1, 0.15) is 45.0 Å². The number of ether oxygens (including phenoxy) is 1. The summed E-state index contributed by atoms with van der Waals surface area (Å²) in [7, 11) is -0.971. The van der Waals surface area contributed by atoms with E-state index in [1.165, 1.54) is 33.2 Å². The number of nitrogens with zero attached hydrogens (tertiary/aromatic N) is 2. The molecular formula is C18H27ClN2O5S. The number of halogens is 1. The summed E-state index contributed by atoms with van der Waals surface area (Å²) in [5, 5.41) is 0.0435. The van der Waals surface area contributed by atoms with Gasteiger partial charge in [-0.2, -0.15) is 0 Å². The second kappa shape index (κ2) is 9.03. The SMILES string of the molecule is CC(C)N(C(=O)[C@@H](C)OC(=O)c1cc(S(=O)(=O)N(C)C)ccc1Cl)C(C)C. The molecule has 0 aliphatic heterocycles. The highest BCUT2D eigenvalue weighted by molar-refractivity contribution is 7.89. The molecular weight excluding hydrogens is 392 g/mol. The van der Waals surface area contributed by atoms with Crippen molar-refractivity contribution in [2.24, 2.45) is 0 Å². The molecule has 0 aliphatic carbocycles. The molecule has 7 nitrogen and oxygen atoms in total. The van der Waals surface area contributed by atoms with Gasteiger partial charge < -0.3 is 9.64 Å². The van der Waals surface area contributed by atoms with Crippen LogP contribution in [0, 0.1) is 0 Å². The summed E-state index contributed by atoms with van der Waals surface area (Å²) in [4.78, 5) is 26.6. The van der Waals surface area contributed by atoms with E-state index in [4.69, 9.17) is 16.3 Å². The number of esters is 1. The molecule has 27 heavy (non-hydrogen) atoms. The third-order valence-corrected chi connectivity index (χ3v) is 6.08. The molecule has 0 saturated heterocycles. The van der Waals surface area contributed by atoms with Crippen molar-refractivity contribution in [2.75, 3.05) is 14.1 Å². The first kappa shape index (κ1) is 23.4. The second-order valence-corrected chi connectivity index (χ2v) is 9.47. The van der Waals surface area contributed by atoms with Crippen LogP contribution in [0.25, 0.3) is 0 Å². The average Bonchev–Trinajstić information content (AvgIpc) is 2.53. The molecule has 0 unspecified atom stereocenters. The van der Waals surface area contributed by atoms with Crippen molar-refractivity contribution in [1.82, 2.24) is 9.21 Å². The maximum Gasteiger partial charge on any atom is 0.340 e. The predicted molar refractivity (Wildman–Crippen MR) is 104 cm³/mol. The largest absolute Gasteiger partial charge is 0.449 e. The minimum atomic E-state index is -3.74. The van der Waals surface area contributed by atoms with Crippen molar-refractivity contribution in [3.63, 3.8) is 0 Å². The van der Waals surface area contributed by atoms with Gasteiger partial charge in [0.15, 0.2) is 6.10 Å². The van der Waals surface area contributed by atoms with Crippen LogP contribution in [0.4, 0.5) is 0 Å². The Balaban J connectivity index is 3.12. The molecule has 0 N–H and O–H groups in total. The van der Waals surface area contributed by atoms with Gasteiger partial charge in [0.2, 0.25) is 10.0 Å². The Hall–Kier alpha value is -1.64. The van der Waals surface area contributed by atoms with E-state index in [-0.39, 0.29) is 33.5 Å². The highest BCUT2D eigenvalue weighted by Gasteiger charge is 2.29. The minimum Gasteiger partial charge on any atom is -0.449 e. The predicted octanol–water partition coefficient (Wildman–Crippen LogP) is 2.78. The first-order valence-electron chi connectivity index (χ1n) is 8.55. The molecule has 1 amide bonds. The number of carbonyl (C=O) groups is 2. The van der Waals surface area contributed by atoms with Crippen LogP contribution < -0.4 is 0 Å². The van der Waals surface area contributed by atoms with Gasteiger partial charge in [-0.25, -0.2) is 17.5 Å². The molecule has 9 heteroatoms. The van der Waals surface area contributed by atoms with Crippen molar-refractivity contribution in [3.05, 3.63) is 28.8 Å². The number of benzene rings is 1. The lowest BCUT2D eigenvalue weighted by Crippen LogP contribution is -2.47. The van der Waals surface area contributed by atoms with E-state index >= 15 is 0 Å². The Bertz CT molecular complexity index is 798. The van der Waals surface area contributed by atoms with E-state index in [0.29, 0.717) is 0 Å². The van der Waals surface area contributed by atoms with E-state index in [2.05, 4.69) is 0 Å². The summed E-state index contributed by atoms with van der Waals surface area (Å²) in [6, 6.07) is 3.66. The summed E-state index contributed by atoms with van der Waals surface area (Å²) in [6.45, 7) is 8.97. The molecule has 0 aromatic heterocycles. The fourth-order valence-electron chi connectivity index (χ4n) is 2.62. The van der Waals surface area contributed by atoms with Crippen molar-refractivity contribution in [3.8, 4) is 0 Å². The lowest BCUT2D eigenvalue weighted by molar-refractivity contribution is -0.143. The summed E-state index contributed by atoms with van der Waals surface area (Å²) in [6.07, 6.45) is -1.03. The number of rotatable bonds is 7. The van der Waals surface area contributed by atoms with Crippen LogP contribution in [0.15, 0.2) is 23.1 Å². The third-order valence-electron chi connectivity index (χ3n) is 3.94. The standard InChI is InChI=1S/C18H27ClN2O5S/c1-11(2)21(12(3)4)17(22)13(5)26-18(23)15-10-14(8-9-16(15)19)27(24,25)20(6)7/h8-13H,1-7H3/t13-/m1/s1.